The van der Waals surface area contributed by atoms with Gasteiger partial charge in [0.25, 0.3) is 0 Å². The molecule has 0 saturated heterocycles. The molecule has 2 aromatic rings. The third-order valence-electron chi connectivity index (χ3n) is 4.09. The molecule has 0 bridgehead atoms. The van der Waals surface area contributed by atoms with Crippen LogP contribution in [0.5, 0.6) is 0 Å². The highest BCUT2D eigenvalue weighted by Gasteiger charge is 2.13. The lowest BCUT2D eigenvalue weighted by Gasteiger charge is -2.07. The number of rotatable bonds is 7. The number of nitrogens with one attached hydrogen (secondary N) is 1. The van der Waals surface area contributed by atoms with E-state index in [4.69, 9.17) is 10.5 Å². The van der Waals surface area contributed by atoms with Crippen molar-refractivity contribution < 1.29 is 4.79 Å². The van der Waals surface area contributed by atoms with Crippen molar-refractivity contribution in [2.24, 2.45) is 0 Å². The van der Waals surface area contributed by atoms with Gasteiger partial charge in [0, 0.05) is 17.8 Å². The molecule has 1 heterocycles. The van der Waals surface area contributed by atoms with Gasteiger partial charge in [0.2, 0.25) is 5.91 Å². The topological polar surface area (TPSA) is 94.5 Å². The maximum Gasteiger partial charge on any atom is 0.224 e. The van der Waals surface area contributed by atoms with E-state index in [0.717, 1.165) is 28.2 Å². The van der Waals surface area contributed by atoms with E-state index in [9.17, 15) is 4.79 Å². The van der Waals surface area contributed by atoms with Gasteiger partial charge in [0.15, 0.2) is 0 Å². The minimum Gasteiger partial charge on any atom is -0.326 e. The first-order valence-corrected chi connectivity index (χ1v) is 8.20. The maximum atomic E-state index is 12.2. The van der Waals surface area contributed by atoms with Crippen LogP contribution in [0.4, 0.5) is 5.69 Å². The van der Waals surface area contributed by atoms with Crippen molar-refractivity contribution in [3.05, 3.63) is 46.8 Å². The first-order chi connectivity index (χ1) is 12.0. The minimum absolute atomic E-state index is 0.0587. The summed E-state index contributed by atoms with van der Waals surface area (Å²) in [5, 5.41) is 24.7. The number of aromatic nitrogens is 2. The largest absolute Gasteiger partial charge is 0.326 e. The fraction of sp³-hybridized carbons (Fsp3) is 0.368. The van der Waals surface area contributed by atoms with Crippen LogP contribution in [0.25, 0.3) is 0 Å². The Hall–Kier alpha value is -3.12. The second kappa shape index (κ2) is 8.65. The summed E-state index contributed by atoms with van der Waals surface area (Å²) in [4.78, 5) is 12.2. The van der Waals surface area contributed by atoms with Crippen LogP contribution in [0.15, 0.2) is 24.3 Å². The van der Waals surface area contributed by atoms with Crippen molar-refractivity contribution in [2.75, 3.05) is 5.32 Å². The predicted octanol–water partition coefficient (Wildman–Crippen LogP) is 3.05. The molecular weight excluding hydrogens is 314 g/mol. The highest BCUT2D eigenvalue weighted by molar-refractivity contribution is 5.90. The Balaban J connectivity index is 1.93. The van der Waals surface area contributed by atoms with Gasteiger partial charge in [-0.2, -0.15) is 15.6 Å². The van der Waals surface area contributed by atoms with Gasteiger partial charge < -0.3 is 5.32 Å². The molecule has 1 aromatic heterocycles. The maximum absolute atomic E-state index is 12.2. The molecule has 1 amide bonds. The summed E-state index contributed by atoms with van der Waals surface area (Å²) in [6, 6.07) is 11.5. The summed E-state index contributed by atoms with van der Waals surface area (Å²) >= 11 is 0. The molecule has 25 heavy (non-hydrogen) atoms. The number of nitrogens with zero attached hydrogens (tertiary/aromatic N) is 4. The molecule has 2 rings (SSSR count). The number of aryl methyl sites for hydroxylation is 2. The first kappa shape index (κ1) is 18.2. The van der Waals surface area contributed by atoms with Crippen molar-refractivity contribution in [3.8, 4) is 12.1 Å². The monoisotopic (exact) mass is 335 g/mol. The number of carbonyl (C=O) groups excluding carboxylic acids is 1. The van der Waals surface area contributed by atoms with Crippen molar-refractivity contribution in [2.45, 2.75) is 46.1 Å². The van der Waals surface area contributed by atoms with Gasteiger partial charge in [-0.15, -0.1) is 0 Å². The second-order valence-electron chi connectivity index (χ2n) is 5.86. The zero-order valence-electron chi connectivity index (χ0n) is 14.5. The number of anilines is 1. The first-order valence-electron chi connectivity index (χ1n) is 8.20. The van der Waals surface area contributed by atoms with Gasteiger partial charge in [-0.1, -0.05) is 12.1 Å². The number of benzene rings is 1. The molecule has 0 aliphatic carbocycles. The van der Waals surface area contributed by atoms with Crippen LogP contribution >= 0.6 is 0 Å². The van der Waals surface area contributed by atoms with E-state index >= 15 is 0 Å². The molecule has 0 fully saturated rings. The second-order valence-corrected chi connectivity index (χ2v) is 5.86. The fourth-order valence-corrected chi connectivity index (χ4v) is 2.73. The molecule has 1 aromatic carbocycles. The molecule has 1 N–H and O–H groups in total. The molecule has 0 saturated carbocycles. The molecule has 6 nitrogen and oxygen atoms in total. The highest BCUT2D eigenvalue weighted by Crippen LogP contribution is 2.16. The number of hydrogen-bond acceptors (Lipinski definition) is 4. The number of hydrogen-bond donors (Lipinski definition) is 1. The molecule has 0 spiro atoms. The predicted molar refractivity (Wildman–Crippen MR) is 94.6 cm³/mol. The van der Waals surface area contributed by atoms with E-state index in [1.807, 2.05) is 30.7 Å². The van der Waals surface area contributed by atoms with Gasteiger partial charge in [-0.3, -0.25) is 9.48 Å². The molecule has 0 aliphatic heterocycles. The molecule has 0 aliphatic rings. The highest BCUT2D eigenvalue weighted by atomic mass is 16.1. The van der Waals surface area contributed by atoms with Crippen LogP contribution in [0.2, 0.25) is 0 Å². The summed E-state index contributed by atoms with van der Waals surface area (Å²) in [7, 11) is 0. The normalized spacial score (nSPS) is 10.1. The Morgan fingerprint density at radius 1 is 1.20 bits per heavy atom. The lowest BCUT2D eigenvalue weighted by atomic mass is 10.1. The van der Waals surface area contributed by atoms with E-state index < -0.39 is 0 Å². The zero-order chi connectivity index (χ0) is 18.2. The van der Waals surface area contributed by atoms with Gasteiger partial charge in [-0.25, -0.2) is 0 Å². The van der Waals surface area contributed by atoms with Crippen molar-refractivity contribution in [1.82, 2.24) is 9.78 Å². The quantitative estimate of drug-likeness (QED) is 0.841. The van der Waals surface area contributed by atoms with Gasteiger partial charge in [-0.05, 0) is 43.5 Å². The average Bonchev–Trinajstić information content (AvgIpc) is 2.86. The Morgan fingerprint density at radius 3 is 2.56 bits per heavy atom. The number of amides is 1. The van der Waals surface area contributed by atoms with Gasteiger partial charge >= 0.3 is 0 Å². The molecule has 6 heteroatoms. The van der Waals surface area contributed by atoms with Crippen molar-refractivity contribution in [1.29, 1.82) is 10.5 Å². The number of carbonyl (C=O) groups is 1. The molecule has 0 atom stereocenters. The SMILES string of the molecule is Cc1nn(CCC#N)c(C)c1CCC(=O)Nc1ccc(CC#N)cc1. The molecular formula is C19H21N5O. The van der Waals surface area contributed by atoms with E-state index in [0.29, 0.717) is 32.2 Å². The Kier molecular flexibility index (Phi) is 6.31. The van der Waals surface area contributed by atoms with Crippen LogP contribution in [0.1, 0.15) is 35.4 Å². The number of nitriles is 2. The van der Waals surface area contributed by atoms with Gasteiger partial charge in [0.05, 0.1) is 37.2 Å². The third-order valence-corrected chi connectivity index (χ3v) is 4.09. The van der Waals surface area contributed by atoms with E-state index in [1.165, 1.54) is 0 Å². The van der Waals surface area contributed by atoms with Crippen LogP contribution in [-0.2, 0) is 24.2 Å². The van der Waals surface area contributed by atoms with Gasteiger partial charge in [0.1, 0.15) is 0 Å². The van der Waals surface area contributed by atoms with Crippen molar-refractivity contribution in [3.63, 3.8) is 0 Å². The Bertz CT molecular complexity index is 821. The summed E-state index contributed by atoms with van der Waals surface area (Å²) in [6.07, 6.45) is 1.76. The van der Waals surface area contributed by atoms with Crippen LogP contribution < -0.4 is 5.32 Å². The molecule has 128 valence electrons. The summed E-state index contributed by atoms with van der Waals surface area (Å²) in [5.74, 6) is -0.0587. The van der Waals surface area contributed by atoms with Crippen molar-refractivity contribution >= 4 is 11.6 Å². The van der Waals surface area contributed by atoms with Crippen LogP contribution in [-0.4, -0.2) is 15.7 Å². The molecule has 0 radical (unpaired) electrons. The van der Waals surface area contributed by atoms with Crippen LogP contribution in [0.3, 0.4) is 0 Å². The Morgan fingerprint density at radius 2 is 1.92 bits per heavy atom. The summed E-state index contributed by atoms with van der Waals surface area (Å²) in [6.45, 7) is 4.47. The Labute approximate surface area is 147 Å². The molecule has 0 unspecified atom stereocenters. The summed E-state index contributed by atoms with van der Waals surface area (Å²) in [5.41, 5.74) is 4.64. The zero-order valence-corrected chi connectivity index (χ0v) is 14.5. The lowest BCUT2D eigenvalue weighted by Crippen LogP contribution is -2.12. The van der Waals surface area contributed by atoms with Crippen LogP contribution in [0, 0.1) is 36.5 Å². The standard InChI is InChI=1S/C19H21N5O/c1-14-18(15(2)24(23-14)13-3-11-20)8-9-19(25)22-17-6-4-16(5-7-17)10-12-21/h4-7H,3,8-10,13H2,1-2H3,(H,22,25). The smallest absolute Gasteiger partial charge is 0.224 e. The lowest BCUT2D eigenvalue weighted by molar-refractivity contribution is -0.116. The van der Waals surface area contributed by atoms with E-state index in [-0.39, 0.29) is 5.91 Å². The van der Waals surface area contributed by atoms with E-state index in [2.05, 4.69) is 22.6 Å². The fourth-order valence-electron chi connectivity index (χ4n) is 2.73. The summed E-state index contributed by atoms with van der Waals surface area (Å²) < 4.78 is 1.83. The van der Waals surface area contributed by atoms with E-state index in [1.54, 1.807) is 12.1 Å². The minimum atomic E-state index is -0.0587. The average molecular weight is 335 g/mol. The third kappa shape index (κ3) is 4.92.